The summed E-state index contributed by atoms with van der Waals surface area (Å²) in [5, 5.41) is 8.74. The first-order valence-electron chi connectivity index (χ1n) is 10.8. The molecule has 0 saturated carbocycles. The molecule has 2 heterocycles. The zero-order valence-corrected chi connectivity index (χ0v) is 17.4. The van der Waals surface area contributed by atoms with Crippen LogP contribution in [0.25, 0.3) is 0 Å². The summed E-state index contributed by atoms with van der Waals surface area (Å²) < 4.78 is 10.8. The molecule has 3 rings (SSSR count). The summed E-state index contributed by atoms with van der Waals surface area (Å²) in [6.45, 7) is 9.56. The second kappa shape index (κ2) is 12.1. The van der Waals surface area contributed by atoms with Crippen molar-refractivity contribution in [2.24, 2.45) is 5.92 Å². The Morgan fingerprint density at radius 2 is 1.66 bits per heavy atom. The maximum Gasteiger partial charge on any atom is 0.410 e. The fraction of sp³-hybridized carbons (Fsp3) is 0.682. The number of likely N-dealkylation sites (tertiary alicyclic amines) is 1. The van der Waals surface area contributed by atoms with Crippen molar-refractivity contribution < 1.29 is 19.4 Å². The van der Waals surface area contributed by atoms with Crippen LogP contribution in [0.1, 0.15) is 18.4 Å². The fourth-order valence-corrected chi connectivity index (χ4v) is 4.03. The van der Waals surface area contributed by atoms with E-state index in [1.54, 1.807) is 0 Å². The molecule has 0 unspecified atom stereocenters. The average Bonchev–Trinajstić information content (AvgIpc) is 2.77. The number of piperidine rings is 1. The Morgan fingerprint density at radius 1 is 0.966 bits per heavy atom. The molecule has 1 N–H and O–H groups in total. The lowest BCUT2D eigenvalue weighted by atomic mass is 9.96. The lowest BCUT2D eigenvalue weighted by Crippen LogP contribution is -2.49. The van der Waals surface area contributed by atoms with Crippen LogP contribution in [0.15, 0.2) is 30.3 Å². The van der Waals surface area contributed by atoms with Gasteiger partial charge < -0.3 is 24.4 Å². The summed E-state index contributed by atoms with van der Waals surface area (Å²) in [5.74, 6) is 0.660. The van der Waals surface area contributed by atoms with Gasteiger partial charge in [0.25, 0.3) is 0 Å². The van der Waals surface area contributed by atoms with Crippen LogP contribution < -0.4 is 0 Å². The molecular weight excluding hydrogens is 370 g/mol. The van der Waals surface area contributed by atoms with E-state index in [0.717, 1.165) is 70.8 Å². The van der Waals surface area contributed by atoms with Gasteiger partial charge in [0.05, 0.1) is 19.8 Å². The van der Waals surface area contributed by atoms with Crippen LogP contribution in [0.3, 0.4) is 0 Å². The van der Waals surface area contributed by atoms with Gasteiger partial charge in [-0.05, 0) is 24.3 Å². The van der Waals surface area contributed by atoms with Gasteiger partial charge in [-0.1, -0.05) is 30.3 Å². The second-order valence-corrected chi connectivity index (χ2v) is 7.95. The second-order valence-electron chi connectivity index (χ2n) is 7.95. The molecule has 0 aromatic heterocycles. The predicted octanol–water partition coefficient (Wildman–Crippen LogP) is 1.66. The van der Waals surface area contributed by atoms with Crippen LogP contribution in [0.5, 0.6) is 0 Å². The molecule has 2 fully saturated rings. The highest BCUT2D eigenvalue weighted by Crippen LogP contribution is 2.20. The number of rotatable bonds is 9. The first kappa shape index (κ1) is 22.0. The number of benzene rings is 1. The van der Waals surface area contributed by atoms with E-state index in [2.05, 4.69) is 9.80 Å². The average molecular weight is 406 g/mol. The van der Waals surface area contributed by atoms with Crippen molar-refractivity contribution in [3.63, 3.8) is 0 Å². The molecule has 2 aliphatic heterocycles. The molecule has 7 heteroatoms. The highest BCUT2D eigenvalue weighted by atomic mass is 16.6. The highest BCUT2D eigenvalue weighted by molar-refractivity contribution is 5.67. The third-order valence-electron chi connectivity index (χ3n) is 5.85. The Balaban J connectivity index is 1.28. The molecule has 0 spiro atoms. The van der Waals surface area contributed by atoms with E-state index >= 15 is 0 Å². The lowest BCUT2D eigenvalue weighted by molar-refractivity contribution is 0.0491. The van der Waals surface area contributed by atoms with Crippen molar-refractivity contribution in [3.8, 4) is 0 Å². The number of hydrogen-bond acceptors (Lipinski definition) is 6. The number of aliphatic hydroxyl groups is 1. The van der Waals surface area contributed by atoms with Crippen molar-refractivity contribution in [2.45, 2.75) is 19.4 Å². The lowest BCUT2D eigenvalue weighted by Gasteiger charge is -2.38. The Hall–Kier alpha value is -1.67. The zero-order chi connectivity index (χ0) is 20.3. The van der Waals surface area contributed by atoms with Gasteiger partial charge in [-0.25, -0.2) is 4.79 Å². The van der Waals surface area contributed by atoms with Crippen LogP contribution in [-0.4, -0.2) is 98.1 Å². The predicted molar refractivity (Wildman–Crippen MR) is 112 cm³/mol. The molecule has 2 saturated heterocycles. The molecule has 29 heavy (non-hydrogen) atoms. The van der Waals surface area contributed by atoms with E-state index in [1.807, 2.05) is 35.2 Å². The number of ether oxygens (including phenoxy) is 2. The first-order valence-corrected chi connectivity index (χ1v) is 10.8. The van der Waals surface area contributed by atoms with Crippen molar-refractivity contribution in [1.82, 2.24) is 14.7 Å². The van der Waals surface area contributed by atoms with Gasteiger partial charge in [0.2, 0.25) is 0 Å². The van der Waals surface area contributed by atoms with Crippen molar-refractivity contribution in [2.75, 3.05) is 72.2 Å². The third-order valence-corrected chi connectivity index (χ3v) is 5.85. The minimum Gasteiger partial charge on any atom is -0.445 e. The standard InChI is InChI=1S/C22H35N3O4/c26-15-17-28-16-14-23-10-12-24(13-11-23)18-20-6-8-25(9-7-20)22(27)29-19-21-4-2-1-3-5-21/h1-5,20,26H,6-19H2. The minimum atomic E-state index is -0.190. The van der Waals surface area contributed by atoms with E-state index < -0.39 is 0 Å². The zero-order valence-electron chi connectivity index (χ0n) is 17.4. The summed E-state index contributed by atoms with van der Waals surface area (Å²) in [5.41, 5.74) is 1.02. The maximum absolute atomic E-state index is 12.3. The Labute approximate surface area is 174 Å². The van der Waals surface area contributed by atoms with Gasteiger partial charge in [-0.3, -0.25) is 4.90 Å². The topological polar surface area (TPSA) is 65.5 Å². The smallest absolute Gasteiger partial charge is 0.410 e. The van der Waals surface area contributed by atoms with Crippen molar-refractivity contribution >= 4 is 6.09 Å². The Bertz CT molecular complexity index is 585. The third kappa shape index (κ3) is 7.59. The van der Waals surface area contributed by atoms with Gasteiger partial charge in [0, 0.05) is 52.4 Å². The first-order chi connectivity index (χ1) is 14.2. The van der Waals surface area contributed by atoms with Crippen LogP contribution in [-0.2, 0) is 16.1 Å². The van der Waals surface area contributed by atoms with Gasteiger partial charge in [0.15, 0.2) is 0 Å². The summed E-state index contributed by atoms with van der Waals surface area (Å²) in [7, 11) is 0. The molecule has 7 nitrogen and oxygen atoms in total. The van der Waals surface area contributed by atoms with Crippen LogP contribution in [0, 0.1) is 5.92 Å². The fourth-order valence-electron chi connectivity index (χ4n) is 4.03. The number of carbonyl (C=O) groups is 1. The number of nitrogens with zero attached hydrogens (tertiary/aromatic N) is 3. The molecule has 1 aromatic rings. The molecule has 162 valence electrons. The van der Waals surface area contributed by atoms with E-state index in [9.17, 15) is 4.79 Å². The van der Waals surface area contributed by atoms with Gasteiger partial charge in [-0.2, -0.15) is 0 Å². The van der Waals surface area contributed by atoms with E-state index in [4.69, 9.17) is 14.6 Å². The normalized spacial score (nSPS) is 19.4. The van der Waals surface area contributed by atoms with Gasteiger partial charge in [-0.15, -0.1) is 0 Å². The number of piperazine rings is 1. The summed E-state index contributed by atoms with van der Waals surface area (Å²) in [4.78, 5) is 19.1. The molecule has 1 aromatic carbocycles. The highest BCUT2D eigenvalue weighted by Gasteiger charge is 2.26. The molecule has 1 amide bonds. The van der Waals surface area contributed by atoms with E-state index in [0.29, 0.717) is 25.7 Å². The van der Waals surface area contributed by atoms with Gasteiger partial charge >= 0.3 is 6.09 Å². The van der Waals surface area contributed by atoms with Gasteiger partial charge in [0.1, 0.15) is 6.61 Å². The monoisotopic (exact) mass is 405 g/mol. The number of aliphatic hydroxyl groups excluding tert-OH is 1. The molecule has 0 aliphatic carbocycles. The largest absolute Gasteiger partial charge is 0.445 e. The van der Waals surface area contributed by atoms with Crippen LogP contribution >= 0.6 is 0 Å². The Kier molecular flexibility index (Phi) is 9.21. The van der Waals surface area contributed by atoms with Crippen LogP contribution in [0.4, 0.5) is 4.79 Å². The summed E-state index contributed by atoms with van der Waals surface area (Å²) in [6, 6.07) is 9.83. The number of hydrogen-bond donors (Lipinski definition) is 1. The summed E-state index contributed by atoms with van der Waals surface area (Å²) in [6.07, 6.45) is 1.91. The maximum atomic E-state index is 12.3. The molecular formula is C22H35N3O4. The van der Waals surface area contributed by atoms with Crippen molar-refractivity contribution in [1.29, 1.82) is 0 Å². The number of amides is 1. The van der Waals surface area contributed by atoms with Crippen LogP contribution in [0.2, 0.25) is 0 Å². The van der Waals surface area contributed by atoms with E-state index in [1.165, 1.54) is 0 Å². The molecule has 0 radical (unpaired) electrons. The molecule has 0 atom stereocenters. The number of carbonyl (C=O) groups excluding carboxylic acids is 1. The SMILES string of the molecule is O=C(OCc1ccccc1)N1CCC(CN2CCN(CCOCCO)CC2)CC1. The minimum absolute atomic E-state index is 0.0946. The summed E-state index contributed by atoms with van der Waals surface area (Å²) >= 11 is 0. The molecule has 0 bridgehead atoms. The van der Waals surface area contributed by atoms with Crippen molar-refractivity contribution in [3.05, 3.63) is 35.9 Å². The quantitative estimate of drug-likeness (QED) is 0.631. The Morgan fingerprint density at radius 3 is 2.34 bits per heavy atom. The van der Waals surface area contributed by atoms with E-state index in [-0.39, 0.29) is 12.7 Å². The molecule has 2 aliphatic rings.